The fourth-order valence-electron chi connectivity index (χ4n) is 2.53. The quantitative estimate of drug-likeness (QED) is 0.774. The van der Waals surface area contributed by atoms with Crippen LogP contribution in [0.3, 0.4) is 0 Å². The van der Waals surface area contributed by atoms with Gasteiger partial charge in [0, 0.05) is 23.6 Å². The van der Waals surface area contributed by atoms with Crippen molar-refractivity contribution in [2.24, 2.45) is 11.7 Å². The Hall–Kier alpha value is -1.28. The monoisotopic (exact) mass is 244 g/mol. The molecule has 0 atom stereocenters. The Bertz CT molecular complexity index is 497. The summed E-state index contributed by atoms with van der Waals surface area (Å²) in [6.45, 7) is 6.42. The molecule has 0 aliphatic rings. The van der Waals surface area contributed by atoms with Crippen LogP contribution in [0, 0.1) is 5.92 Å². The summed E-state index contributed by atoms with van der Waals surface area (Å²) < 4.78 is 2.40. The number of para-hydroxylation sites is 1. The van der Waals surface area contributed by atoms with E-state index in [9.17, 15) is 0 Å². The maximum Gasteiger partial charge on any atom is 0.0483 e. The number of benzene rings is 1. The molecule has 0 radical (unpaired) electrons. The minimum Gasteiger partial charge on any atom is -0.347 e. The molecular weight excluding hydrogens is 220 g/mol. The molecule has 1 heterocycles. The van der Waals surface area contributed by atoms with Crippen molar-refractivity contribution in [1.82, 2.24) is 4.57 Å². The van der Waals surface area contributed by atoms with E-state index in [2.05, 4.69) is 48.9 Å². The van der Waals surface area contributed by atoms with Gasteiger partial charge in [-0.3, -0.25) is 0 Å². The molecule has 2 aromatic rings. The molecule has 1 aromatic heterocycles. The number of rotatable bonds is 6. The van der Waals surface area contributed by atoms with Crippen LogP contribution in [0.1, 0.15) is 32.3 Å². The zero-order valence-electron chi connectivity index (χ0n) is 11.5. The highest BCUT2D eigenvalue weighted by Crippen LogP contribution is 2.23. The van der Waals surface area contributed by atoms with Crippen LogP contribution in [0.25, 0.3) is 10.9 Å². The lowest BCUT2D eigenvalue weighted by Crippen LogP contribution is -2.02. The van der Waals surface area contributed by atoms with Gasteiger partial charge in [-0.15, -0.1) is 0 Å². The topological polar surface area (TPSA) is 30.9 Å². The molecule has 0 aliphatic heterocycles. The number of nitrogens with zero attached hydrogens (tertiary/aromatic N) is 1. The predicted octanol–water partition coefficient (Wildman–Crippen LogP) is 3.58. The molecule has 0 amide bonds. The van der Waals surface area contributed by atoms with Gasteiger partial charge in [-0.25, -0.2) is 0 Å². The first-order valence-corrected chi connectivity index (χ1v) is 6.99. The Labute approximate surface area is 110 Å². The standard InChI is InChI=1S/C16H24N2/c1-13(2)11-18-12-14(7-5-6-10-17)15-8-3-4-9-16(15)18/h3-4,8-9,12-13H,5-7,10-11,17H2,1-2H3. The Morgan fingerprint density at radius 3 is 2.67 bits per heavy atom. The van der Waals surface area contributed by atoms with Crippen molar-refractivity contribution in [3.8, 4) is 0 Å². The smallest absolute Gasteiger partial charge is 0.0483 e. The SMILES string of the molecule is CC(C)Cn1cc(CCCCN)c2ccccc21. The minimum absolute atomic E-state index is 0.678. The zero-order valence-corrected chi connectivity index (χ0v) is 11.5. The molecular formula is C16H24N2. The largest absolute Gasteiger partial charge is 0.347 e. The van der Waals surface area contributed by atoms with E-state index in [4.69, 9.17) is 5.73 Å². The van der Waals surface area contributed by atoms with Gasteiger partial charge >= 0.3 is 0 Å². The van der Waals surface area contributed by atoms with E-state index in [1.807, 2.05) is 0 Å². The van der Waals surface area contributed by atoms with Crippen LogP contribution >= 0.6 is 0 Å². The number of nitrogens with two attached hydrogens (primary N) is 1. The summed E-state index contributed by atoms with van der Waals surface area (Å²) in [7, 11) is 0. The van der Waals surface area contributed by atoms with Gasteiger partial charge in [0.1, 0.15) is 0 Å². The normalized spacial score (nSPS) is 11.6. The average molecular weight is 244 g/mol. The summed E-state index contributed by atoms with van der Waals surface area (Å²) in [4.78, 5) is 0. The molecule has 0 unspecified atom stereocenters. The van der Waals surface area contributed by atoms with Gasteiger partial charge in [0.05, 0.1) is 0 Å². The molecule has 18 heavy (non-hydrogen) atoms. The first-order valence-electron chi connectivity index (χ1n) is 6.99. The van der Waals surface area contributed by atoms with E-state index in [1.165, 1.54) is 22.9 Å². The van der Waals surface area contributed by atoms with E-state index >= 15 is 0 Å². The highest BCUT2D eigenvalue weighted by molar-refractivity contribution is 5.83. The van der Waals surface area contributed by atoms with Crippen molar-refractivity contribution in [1.29, 1.82) is 0 Å². The van der Waals surface area contributed by atoms with E-state index < -0.39 is 0 Å². The maximum absolute atomic E-state index is 5.57. The summed E-state index contributed by atoms with van der Waals surface area (Å²) in [5, 5.41) is 1.41. The van der Waals surface area contributed by atoms with Crippen LogP contribution in [0.4, 0.5) is 0 Å². The molecule has 0 bridgehead atoms. The lowest BCUT2D eigenvalue weighted by Gasteiger charge is -2.07. The molecule has 98 valence electrons. The summed E-state index contributed by atoms with van der Waals surface area (Å²) in [5.41, 5.74) is 8.41. The van der Waals surface area contributed by atoms with Crippen molar-refractivity contribution in [3.63, 3.8) is 0 Å². The molecule has 0 saturated heterocycles. The Morgan fingerprint density at radius 1 is 1.17 bits per heavy atom. The van der Waals surface area contributed by atoms with Crippen molar-refractivity contribution >= 4 is 10.9 Å². The second-order valence-electron chi connectivity index (χ2n) is 5.46. The molecule has 2 nitrogen and oxygen atoms in total. The van der Waals surface area contributed by atoms with E-state index in [-0.39, 0.29) is 0 Å². The van der Waals surface area contributed by atoms with Crippen LogP contribution in [0.15, 0.2) is 30.5 Å². The number of hydrogen-bond acceptors (Lipinski definition) is 1. The van der Waals surface area contributed by atoms with Gasteiger partial charge in [0.2, 0.25) is 0 Å². The van der Waals surface area contributed by atoms with E-state index in [0.29, 0.717) is 5.92 Å². The maximum atomic E-state index is 5.57. The summed E-state index contributed by atoms with van der Waals surface area (Å²) >= 11 is 0. The van der Waals surface area contributed by atoms with Crippen molar-refractivity contribution in [3.05, 3.63) is 36.0 Å². The summed E-state index contributed by atoms with van der Waals surface area (Å²) in [6.07, 6.45) is 5.78. The lowest BCUT2D eigenvalue weighted by molar-refractivity contribution is 0.534. The van der Waals surface area contributed by atoms with Gasteiger partial charge in [-0.1, -0.05) is 32.0 Å². The molecule has 2 heteroatoms. The van der Waals surface area contributed by atoms with Gasteiger partial charge in [0.15, 0.2) is 0 Å². The minimum atomic E-state index is 0.678. The van der Waals surface area contributed by atoms with Gasteiger partial charge < -0.3 is 10.3 Å². The fraction of sp³-hybridized carbons (Fsp3) is 0.500. The third-order valence-corrected chi connectivity index (χ3v) is 3.33. The fourth-order valence-corrected chi connectivity index (χ4v) is 2.53. The first-order chi connectivity index (χ1) is 8.72. The molecule has 0 saturated carbocycles. The molecule has 1 aromatic carbocycles. The van der Waals surface area contributed by atoms with Crippen molar-refractivity contribution in [2.45, 2.75) is 39.7 Å². The summed E-state index contributed by atoms with van der Waals surface area (Å²) in [5.74, 6) is 0.678. The zero-order chi connectivity index (χ0) is 13.0. The highest BCUT2D eigenvalue weighted by atomic mass is 15.0. The van der Waals surface area contributed by atoms with Gasteiger partial charge in [0.25, 0.3) is 0 Å². The Kier molecular flexibility index (Phi) is 4.43. The third kappa shape index (κ3) is 2.94. The molecule has 2 N–H and O–H groups in total. The van der Waals surface area contributed by atoms with Crippen LogP contribution in [-0.2, 0) is 13.0 Å². The van der Waals surface area contributed by atoms with Crippen LogP contribution in [0.2, 0.25) is 0 Å². The van der Waals surface area contributed by atoms with Crippen molar-refractivity contribution in [2.75, 3.05) is 6.54 Å². The molecule has 2 rings (SSSR count). The van der Waals surface area contributed by atoms with E-state index in [1.54, 1.807) is 0 Å². The van der Waals surface area contributed by atoms with E-state index in [0.717, 1.165) is 25.9 Å². The first kappa shape index (κ1) is 13.2. The van der Waals surface area contributed by atoms with Crippen LogP contribution < -0.4 is 5.73 Å². The number of hydrogen-bond donors (Lipinski definition) is 1. The van der Waals surface area contributed by atoms with Crippen molar-refractivity contribution < 1.29 is 0 Å². The van der Waals surface area contributed by atoms with Gasteiger partial charge in [-0.05, 0) is 43.4 Å². The average Bonchev–Trinajstić information content (AvgIpc) is 2.68. The number of aromatic nitrogens is 1. The number of fused-ring (bicyclic) bond motifs is 1. The summed E-state index contributed by atoms with van der Waals surface area (Å²) in [6, 6.07) is 8.73. The number of unbranched alkanes of at least 4 members (excludes halogenated alkanes) is 1. The third-order valence-electron chi connectivity index (χ3n) is 3.33. The Morgan fingerprint density at radius 2 is 1.94 bits per heavy atom. The van der Waals surface area contributed by atoms with Crippen LogP contribution in [-0.4, -0.2) is 11.1 Å². The van der Waals surface area contributed by atoms with Crippen LogP contribution in [0.5, 0.6) is 0 Å². The molecule has 0 fully saturated rings. The highest BCUT2D eigenvalue weighted by Gasteiger charge is 2.08. The molecule has 0 aliphatic carbocycles. The predicted molar refractivity (Wildman–Crippen MR) is 78.8 cm³/mol. The van der Waals surface area contributed by atoms with Gasteiger partial charge in [-0.2, -0.15) is 0 Å². The number of aryl methyl sites for hydroxylation is 1. The Balaban J connectivity index is 2.29. The molecule has 0 spiro atoms. The lowest BCUT2D eigenvalue weighted by atomic mass is 10.1. The second kappa shape index (κ2) is 6.05. The second-order valence-corrected chi connectivity index (χ2v) is 5.46.